The van der Waals surface area contributed by atoms with E-state index in [1.54, 1.807) is 30.2 Å². The van der Waals surface area contributed by atoms with Crippen molar-refractivity contribution in [3.63, 3.8) is 0 Å². The van der Waals surface area contributed by atoms with Crippen molar-refractivity contribution in [2.75, 3.05) is 37.5 Å². The van der Waals surface area contributed by atoms with Gasteiger partial charge >= 0.3 is 0 Å². The van der Waals surface area contributed by atoms with Crippen molar-refractivity contribution in [3.8, 4) is 5.75 Å². The standard InChI is InChI=1S/C11H14N2O3/c1-15-10-6-8(2-3-9(10)12)13-4-5-16-7-11(13)14/h2-3,6H,4-5,7,12H2,1H3. The summed E-state index contributed by atoms with van der Waals surface area (Å²) in [6.45, 7) is 1.25. The van der Waals surface area contributed by atoms with Crippen LogP contribution in [0.2, 0.25) is 0 Å². The summed E-state index contributed by atoms with van der Waals surface area (Å²) >= 11 is 0. The SMILES string of the molecule is COc1cc(N2CCOCC2=O)ccc1N. The minimum Gasteiger partial charge on any atom is -0.495 e. The molecule has 0 radical (unpaired) electrons. The molecule has 1 aromatic carbocycles. The van der Waals surface area contributed by atoms with E-state index in [1.807, 2.05) is 0 Å². The second-order valence-corrected chi connectivity index (χ2v) is 3.52. The van der Waals surface area contributed by atoms with E-state index in [-0.39, 0.29) is 12.5 Å². The maximum Gasteiger partial charge on any atom is 0.253 e. The summed E-state index contributed by atoms with van der Waals surface area (Å²) in [6, 6.07) is 5.30. The Hall–Kier alpha value is -1.75. The summed E-state index contributed by atoms with van der Waals surface area (Å²) in [4.78, 5) is 13.3. The van der Waals surface area contributed by atoms with Gasteiger partial charge in [0.25, 0.3) is 5.91 Å². The molecule has 1 aliphatic rings. The second-order valence-electron chi connectivity index (χ2n) is 3.52. The first-order valence-corrected chi connectivity index (χ1v) is 5.04. The zero-order chi connectivity index (χ0) is 11.5. The van der Waals surface area contributed by atoms with Crippen LogP contribution in [-0.4, -0.2) is 32.8 Å². The normalized spacial score (nSPS) is 16.3. The largest absolute Gasteiger partial charge is 0.495 e. The second kappa shape index (κ2) is 4.40. The van der Waals surface area contributed by atoms with E-state index in [9.17, 15) is 4.79 Å². The maximum atomic E-state index is 11.6. The van der Waals surface area contributed by atoms with Crippen molar-refractivity contribution in [3.05, 3.63) is 18.2 Å². The number of nitrogen functional groups attached to an aromatic ring is 1. The van der Waals surface area contributed by atoms with Crippen LogP contribution in [0.5, 0.6) is 5.75 Å². The molecule has 0 aliphatic carbocycles. The van der Waals surface area contributed by atoms with Crippen LogP contribution in [0.25, 0.3) is 0 Å². The topological polar surface area (TPSA) is 64.8 Å². The predicted molar refractivity (Wildman–Crippen MR) is 60.6 cm³/mol. The molecule has 86 valence electrons. The molecule has 0 unspecified atom stereocenters. The number of rotatable bonds is 2. The highest BCUT2D eigenvalue weighted by molar-refractivity contribution is 5.95. The van der Waals surface area contributed by atoms with Crippen LogP contribution in [0, 0.1) is 0 Å². The van der Waals surface area contributed by atoms with E-state index in [0.29, 0.717) is 24.6 Å². The molecule has 0 saturated carbocycles. The summed E-state index contributed by atoms with van der Waals surface area (Å²) in [7, 11) is 1.55. The third-order valence-corrected chi connectivity index (χ3v) is 2.51. The number of anilines is 2. The van der Waals surface area contributed by atoms with Crippen LogP contribution in [0.3, 0.4) is 0 Å². The van der Waals surface area contributed by atoms with Gasteiger partial charge < -0.3 is 20.1 Å². The van der Waals surface area contributed by atoms with Crippen LogP contribution in [0.1, 0.15) is 0 Å². The van der Waals surface area contributed by atoms with Crippen molar-refractivity contribution in [1.29, 1.82) is 0 Å². The van der Waals surface area contributed by atoms with Crippen molar-refractivity contribution in [2.24, 2.45) is 0 Å². The molecule has 0 bridgehead atoms. The molecule has 2 rings (SSSR count). The van der Waals surface area contributed by atoms with Gasteiger partial charge in [-0.1, -0.05) is 0 Å². The number of nitrogens with two attached hydrogens (primary N) is 1. The maximum absolute atomic E-state index is 11.6. The molecule has 0 spiro atoms. The molecule has 1 aliphatic heterocycles. The number of amides is 1. The molecular weight excluding hydrogens is 208 g/mol. The van der Waals surface area contributed by atoms with Crippen molar-refractivity contribution >= 4 is 17.3 Å². The van der Waals surface area contributed by atoms with Crippen LogP contribution in [-0.2, 0) is 9.53 Å². The Morgan fingerprint density at radius 3 is 3.00 bits per heavy atom. The van der Waals surface area contributed by atoms with Gasteiger partial charge in [-0.15, -0.1) is 0 Å². The zero-order valence-corrected chi connectivity index (χ0v) is 9.10. The van der Waals surface area contributed by atoms with Gasteiger partial charge in [-0.05, 0) is 12.1 Å². The predicted octanol–water partition coefficient (Wildman–Crippen LogP) is 0.641. The molecule has 5 nitrogen and oxygen atoms in total. The van der Waals surface area contributed by atoms with Gasteiger partial charge in [0.1, 0.15) is 12.4 Å². The lowest BCUT2D eigenvalue weighted by Gasteiger charge is -2.27. The fourth-order valence-corrected chi connectivity index (χ4v) is 1.66. The van der Waals surface area contributed by atoms with E-state index in [4.69, 9.17) is 15.2 Å². The quantitative estimate of drug-likeness (QED) is 0.746. The summed E-state index contributed by atoms with van der Waals surface area (Å²) in [5.74, 6) is 0.537. The highest BCUT2D eigenvalue weighted by Crippen LogP contribution is 2.27. The molecule has 16 heavy (non-hydrogen) atoms. The number of methoxy groups -OCH3 is 1. The Morgan fingerprint density at radius 2 is 2.31 bits per heavy atom. The number of morpholine rings is 1. The molecule has 0 aromatic heterocycles. The Balaban J connectivity index is 2.29. The Morgan fingerprint density at radius 1 is 1.50 bits per heavy atom. The first-order valence-electron chi connectivity index (χ1n) is 5.04. The van der Waals surface area contributed by atoms with E-state index >= 15 is 0 Å². The van der Waals surface area contributed by atoms with Crippen LogP contribution < -0.4 is 15.4 Å². The molecule has 0 atom stereocenters. The zero-order valence-electron chi connectivity index (χ0n) is 9.10. The first kappa shape index (κ1) is 10.8. The minimum atomic E-state index is -0.0434. The van der Waals surface area contributed by atoms with Crippen LogP contribution in [0.15, 0.2) is 18.2 Å². The number of nitrogens with zero attached hydrogens (tertiary/aromatic N) is 1. The Labute approximate surface area is 93.7 Å². The third kappa shape index (κ3) is 1.94. The van der Waals surface area contributed by atoms with Crippen LogP contribution >= 0.6 is 0 Å². The number of hydrogen-bond acceptors (Lipinski definition) is 4. The van der Waals surface area contributed by atoms with E-state index in [2.05, 4.69) is 0 Å². The van der Waals surface area contributed by atoms with Gasteiger partial charge in [0.05, 0.1) is 19.4 Å². The van der Waals surface area contributed by atoms with Crippen molar-refractivity contribution < 1.29 is 14.3 Å². The van der Waals surface area contributed by atoms with Gasteiger partial charge in [-0.2, -0.15) is 0 Å². The molecule has 1 amide bonds. The molecule has 1 heterocycles. The molecule has 2 N–H and O–H groups in total. The van der Waals surface area contributed by atoms with E-state index in [0.717, 1.165) is 5.69 Å². The molecule has 1 saturated heterocycles. The van der Waals surface area contributed by atoms with Crippen molar-refractivity contribution in [1.82, 2.24) is 0 Å². The summed E-state index contributed by atoms with van der Waals surface area (Å²) in [5, 5.41) is 0. The number of hydrogen-bond donors (Lipinski definition) is 1. The van der Waals surface area contributed by atoms with Crippen molar-refractivity contribution in [2.45, 2.75) is 0 Å². The number of carbonyl (C=O) groups excluding carboxylic acids is 1. The number of ether oxygens (including phenoxy) is 2. The highest BCUT2D eigenvalue weighted by Gasteiger charge is 2.20. The average Bonchev–Trinajstić information content (AvgIpc) is 2.31. The van der Waals surface area contributed by atoms with Gasteiger partial charge in [-0.25, -0.2) is 0 Å². The third-order valence-electron chi connectivity index (χ3n) is 2.51. The molecule has 5 heteroatoms. The first-order chi connectivity index (χ1) is 7.72. The Bertz CT molecular complexity index is 406. The summed E-state index contributed by atoms with van der Waals surface area (Å²) in [6.07, 6.45) is 0. The van der Waals surface area contributed by atoms with Gasteiger partial charge in [0.15, 0.2) is 0 Å². The summed E-state index contributed by atoms with van der Waals surface area (Å²) < 4.78 is 10.2. The summed E-state index contributed by atoms with van der Waals surface area (Å²) in [5.41, 5.74) is 7.06. The Kier molecular flexibility index (Phi) is 2.96. The van der Waals surface area contributed by atoms with Gasteiger partial charge in [0.2, 0.25) is 0 Å². The lowest BCUT2D eigenvalue weighted by molar-refractivity contribution is -0.125. The van der Waals surface area contributed by atoms with Gasteiger partial charge in [0, 0.05) is 18.3 Å². The molecule has 1 aromatic rings. The van der Waals surface area contributed by atoms with E-state index in [1.165, 1.54) is 0 Å². The number of benzene rings is 1. The smallest absolute Gasteiger partial charge is 0.253 e. The average molecular weight is 222 g/mol. The molecule has 1 fully saturated rings. The molecular formula is C11H14N2O3. The fourth-order valence-electron chi connectivity index (χ4n) is 1.66. The fraction of sp³-hybridized carbons (Fsp3) is 0.364. The van der Waals surface area contributed by atoms with Crippen LogP contribution in [0.4, 0.5) is 11.4 Å². The monoisotopic (exact) mass is 222 g/mol. The minimum absolute atomic E-state index is 0.0434. The van der Waals surface area contributed by atoms with Gasteiger partial charge in [-0.3, -0.25) is 4.79 Å². The highest BCUT2D eigenvalue weighted by atomic mass is 16.5. The van der Waals surface area contributed by atoms with E-state index < -0.39 is 0 Å². The number of carbonyl (C=O) groups is 1. The lowest BCUT2D eigenvalue weighted by atomic mass is 10.2. The lowest BCUT2D eigenvalue weighted by Crippen LogP contribution is -2.41.